The van der Waals surface area contributed by atoms with Crippen LogP contribution in [0.15, 0.2) is 66.7 Å². The van der Waals surface area contributed by atoms with Crippen LogP contribution in [0.1, 0.15) is 44.2 Å². The molecule has 38 heavy (non-hydrogen) atoms. The van der Waals surface area contributed by atoms with Gasteiger partial charge in [0.25, 0.3) is 0 Å². The molecule has 1 heterocycles. The maximum Gasteiger partial charge on any atom is 0.247 e. The summed E-state index contributed by atoms with van der Waals surface area (Å²) >= 11 is 0. The minimum absolute atomic E-state index is 0.239. The molecule has 0 aliphatic carbocycles. The van der Waals surface area contributed by atoms with Gasteiger partial charge in [-0.2, -0.15) is 0 Å². The van der Waals surface area contributed by atoms with Crippen molar-refractivity contribution in [1.82, 2.24) is 20.9 Å². The highest BCUT2D eigenvalue weighted by Crippen LogP contribution is 2.18. The average Bonchev–Trinajstić information content (AvgIpc) is 3.41. The Hall–Kier alpha value is -3.94. The summed E-state index contributed by atoms with van der Waals surface area (Å²) in [6.45, 7) is 4.89. The standard InChI is InChI=1S/C30H38N4O4/c1-22(2)17-18-31-29(37)25(20-24-12-7-4-8-13-24)33-27(35)21-32-30(38)26-14-9-19-34(26)28(36)16-15-23-10-5-3-6-11-23/h3-8,10-13,15-16,22,25-26H,9,14,17-21H2,1-2H3,(H,31,37)(H,32,38)(H,33,35)/b16-15+/t25-,26-/m0/s1. The molecule has 202 valence electrons. The Morgan fingerprint density at radius 1 is 0.974 bits per heavy atom. The van der Waals surface area contributed by atoms with Gasteiger partial charge in [-0.25, -0.2) is 0 Å². The number of benzene rings is 2. The van der Waals surface area contributed by atoms with Crippen LogP contribution in [-0.4, -0.2) is 60.2 Å². The molecule has 0 bridgehead atoms. The van der Waals surface area contributed by atoms with Gasteiger partial charge in [0.05, 0.1) is 6.54 Å². The molecule has 8 nitrogen and oxygen atoms in total. The average molecular weight is 519 g/mol. The number of carbonyl (C=O) groups excluding carboxylic acids is 4. The zero-order chi connectivity index (χ0) is 27.3. The molecule has 0 radical (unpaired) electrons. The van der Waals surface area contributed by atoms with Crippen molar-refractivity contribution in [1.29, 1.82) is 0 Å². The second kappa shape index (κ2) is 14.7. The van der Waals surface area contributed by atoms with Crippen molar-refractivity contribution in [3.63, 3.8) is 0 Å². The number of amides is 4. The molecular formula is C30H38N4O4. The molecule has 0 spiro atoms. The molecule has 0 saturated carbocycles. The third kappa shape index (κ3) is 9.18. The van der Waals surface area contributed by atoms with Gasteiger partial charge in [0.2, 0.25) is 23.6 Å². The fourth-order valence-electron chi connectivity index (χ4n) is 4.33. The highest BCUT2D eigenvalue weighted by molar-refractivity contribution is 5.97. The monoisotopic (exact) mass is 518 g/mol. The van der Waals surface area contributed by atoms with E-state index in [1.165, 1.54) is 11.0 Å². The second-order valence-electron chi connectivity index (χ2n) is 9.93. The van der Waals surface area contributed by atoms with Crippen LogP contribution in [0.3, 0.4) is 0 Å². The predicted molar refractivity (Wildman–Crippen MR) is 148 cm³/mol. The molecule has 2 aromatic carbocycles. The second-order valence-corrected chi connectivity index (χ2v) is 9.93. The van der Waals surface area contributed by atoms with Gasteiger partial charge in [-0.1, -0.05) is 74.5 Å². The van der Waals surface area contributed by atoms with E-state index in [2.05, 4.69) is 29.8 Å². The topological polar surface area (TPSA) is 108 Å². The number of nitrogens with one attached hydrogen (secondary N) is 3. The van der Waals surface area contributed by atoms with Crippen LogP contribution < -0.4 is 16.0 Å². The van der Waals surface area contributed by atoms with Gasteiger partial charge in [0.1, 0.15) is 12.1 Å². The maximum absolute atomic E-state index is 12.9. The smallest absolute Gasteiger partial charge is 0.247 e. The van der Waals surface area contributed by atoms with E-state index < -0.39 is 18.0 Å². The predicted octanol–water partition coefficient (Wildman–Crippen LogP) is 2.70. The van der Waals surface area contributed by atoms with E-state index in [0.717, 1.165) is 17.5 Å². The van der Waals surface area contributed by atoms with E-state index >= 15 is 0 Å². The van der Waals surface area contributed by atoms with Crippen molar-refractivity contribution in [3.05, 3.63) is 77.9 Å². The van der Waals surface area contributed by atoms with Crippen molar-refractivity contribution >= 4 is 29.7 Å². The molecule has 1 fully saturated rings. The van der Waals surface area contributed by atoms with E-state index in [1.807, 2.05) is 60.7 Å². The SMILES string of the molecule is CC(C)CCNC(=O)[C@H](Cc1ccccc1)NC(=O)CNC(=O)[C@@H]1CCCN1C(=O)/C=C/c1ccccc1. The van der Waals surface area contributed by atoms with E-state index in [9.17, 15) is 19.2 Å². The van der Waals surface area contributed by atoms with Crippen LogP contribution in [-0.2, 0) is 25.6 Å². The molecule has 8 heteroatoms. The van der Waals surface area contributed by atoms with Crippen molar-refractivity contribution in [2.24, 2.45) is 5.92 Å². The first kappa shape index (κ1) is 28.6. The molecule has 2 aromatic rings. The lowest BCUT2D eigenvalue weighted by Crippen LogP contribution is -2.52. The highest BCUT2D eigenvalue weighted by atomic mass is 16.2. The summed E-state index contributed by atoms with van der Waals surface area (Å²) in [5.41, 5.74) is 1.82. The van der Waals surface area contributed by atoms with Gasteiger partial charge in [-0.15, -0.1) is 0 Å². The molecule has 1 aliphatic rings. The number of carbonyl (C=O) groups is 4. The van der Waals surface area contributed by atoms with E-state index in [4.69, 9.17) is 0 Å². The molecule has 1 aliphatic heterocycles. The zero-order valence-electron chi connectivity index (χ0n) is 22.2. The van der Waals surface area contributed by atoms with Crippen LogP contribution in [0.25, 0.3) is 6.08 Å². The lowest BCUT2D eigenvalue weighted by atomic mass is 10.0. The number of likely N-dealkylation sites (tertiary alicyclic amines) is 1. The van der Waals surface area contributed by atoms with Gasteiger partial charge in [-0.3, -0.25) is 19.2 Å². The van der Waals surface area contributed by atoms with Gasteiger partial charge in [-0.05, 0) is 42.4 Å². The quantitative estimate of drug-likeness (QED) is 0.376. The summed E-state index contributed by atoms with van der Waals surface area (Å²) in [6.07, 6.45) is 5.62. The number of rotatable bonds is 12. The Kier molecular flexibility index (Phi) is 11.1. The fourth-order valence-corrected chi connectivity index (χ4v) is 4.33. The lowest BCUT2D eigenvalue weighted by molar-refractivity contribution is -0.136. The van der Waals surface area contributed by atoms with Crippen LogP contribution in [0.4, 0.5) is 0 Å². The van der Waals surface area contributed by atoms with Crippen molar-refractivity contribution < 1.29 is 19.2 Å². The lowest BCUT2D eigenvalue weighted by Gasteiger charge is -2.23. The number of hydrogen-bond acceptors (Lipinski definition) is 4. The summed E-state index contributed by atoms with van der Waals surface area (Å²) in [6, 6.07) is 17.5. The van der Waals surface area contributed by atoms with Gasteiger partial charge in [0.15, 0.2) is 0 Å². The van der Waals surface area contributed by atoms with Crippen molar-refractivity contribution in [3.8, 4) is 0 Å². The van der Waals surface area contributed by atoms with Crippen LogP contribution in [0, 0.1) is 5.92 Å². The summed E-state index contributed by atoms with van der Waals surface area (Å²) in [7, 11) is 0. The van der Waals surface area contributed by atoms with E-state index in [0.29, 0.717) is 38.3 Å². The molecule has 2 atom stereocenters. The van der Waals surface area contributed by atoms with Crippen LogP contribution in [0.5, 0.6) is 0 Å². The summed E-state index contributed by atoms with van der Waals surface area (Å²) in [4.78, 5) is 52.7. The van der Waals surface area contributed by atoms with Gasteiger partial charge in [0, 0.05) is 25.6 Å². The van der Waals surface area contributed by atoms with Gasteiger partial charge >= 0.3 is 0 Å². The Balaban J connectivity index is 1.54. The molecule has 0 unspecified atom stereocenters. The molecule has 3 N–H and O–H groups in total. The minimum Gasteiger partial charge on any atom is -0.354 e. The fraction of sp³-hybridized carbons (Fsp3) is 0.400. The Labute approximate surface area is 224 Å². The van der Waals surface area contributed by atoms with E-state index in [1.54, 1.807) is 6.08 Å². The Bertz CT molecular complexity index is 1100. The first-order chi connectivity index (χ1) is 18.3. The van der Waals surface area contributed by atoms with E-state index in [-0.39, 0.29) is 24.3 Å². The Morgan fingerprint density at radius 2 is 1.66 bits per heavy atom. The van der Waals surface area contributed by atoms with Crippen LogP contribution in [0.2, 0.25) is 0 Å². The summed E-state index contributed by atoms with van der Waals surface area (Å²) < 4.78 is 0. The van der Waals surface area contributed by atoms with Crippen molar-refractivity contribution in [2.75, 3.05) is 19.6 Å². The maximum atomic E-state index is 12.9. The molecular weight excluding hydrogens is 480 g/mol. The van der Waals surface area contributed by atoms with Gasteiger partial charge < -0.3 is 20.9 Å². The Morgan fingerprint density at radius 3 is 2.34 bits per heavy atom. The third-order valence-electron chi connectivity index (χ3n) is 6.43. The summed E-state index contributed by atoms with van der Waals surface area (Å²) in [5, 5.41) is 8.31. The highest BCUT2D eigenvalue weighted by Gasteiger charge is 2.33. The molecule has 0 aromatic heterocycles. The molecule has 1 saturated heterocycles. The third-order valence-corrected chi connectivity index (χ3v) is 6.43. The number of nitrogens with zero attached hydrogens (tertiary/aromatic N) is 1. The molecule has 3 rings (SSSR count). The zero-order valence-corrected chi connectivity index (χ0v) is 22.2. The first-order valence-electron chi connectivity index (χ1n) is 13.3. The van der Waals surface area contributed by atoms with Crippen LogP contribution >= 0.6 is 0 Å². The number of hydrogen-bond donors (Lipinski definition) is 3. The normalized spacial score (nSPS) is 15.9. The van der Waals surface area contributed by atoms with Crippen molar-refractivity contribution in [2.45, 2.75) is 51.6 Å². The molecule has 4 amide bonds. The minimum atomic E-state index is -0.762. The summed E-state index contributed by atoms with van der Waals surface area (Å²) in [5.74, 6) is -0.884. The first-order valence-corrected chi connectivity index (χ1v) is 13.3. The largest absolute Gasteiger partial charge is 0.354 e.